The molecule has 0 amide bonds. The first-order chi connectivity index (χ1) is 8.09. The Morgan fingerprint density at radius 3 is 2.59 bits per heavy atom. The van der Waals surface area contributed by atoms with Gasteiger partial charge in [0.15, 0.2) is 0 Å². The van der Waals surface area contributed by atoms with Crippen LogP contribution in [0.4, 0.5) is 5.82 Å². The van der Waals surface area contributed by atoms with Crippen LogP contribution in [0.25, 0.3) is 0 Å². The fraction of sp³-hybridized carbons (Fsp3) is 0.692. The Morgan fingerprint density at radius 2 is 1.94 bits per heavy atom. The lowest BCUT2D eigenvalue weighted by Gasteiger charge is -2.38. The molecule has 0 aromatic carbocycles. The zero-order valence-electron chi connectivity index (χ0n) is 11.0. The minimum atomic E-state index is 0.385. The van der Waals surface area contributed by atoms with Crippen LogP contribution in [-0.2, 0) is 0 Å². The van der Waals surface area contributed by atoms with E-state index < -0.39 is 0 Å². The number of hydrogen-bond donors (Lipinski definition) is 1. The fourth-order valence-electron chi connectivity index (χ4n) is 2.21. The van der Waals surface area contributed by atoms with Gasteiger partial charge < -0.3 is 10.2 Å². The highest BCUT2D eigenvalue weighted by Crippen LogP contribution is 2.30. The predicted molar refractivity (Wildman–Crippen MR) is 70.1 cm³/mol. The zero-order valence-corrected chi connectivity index (χ0v) is 11.0. The number of likely N-dealkylation sites (tertiary alicyclic amines) is 1. The summed E-state index contributed by atoms with van der Waals surface area (Å²) in [6.45, 7) is 7.72. The largest absolute Gasteiger partial charge is 0.368 e. The van der Waals surface area contributed by atoms with Crippen molar-refractivity contribution >= 4 is 5.82 Å². The molecule has 1 aliphatic heterocycles. The molecule has 94 valence electrons. The molecule has 1 aliphatic rings. The van der Waals surface area contributed by atoms with Gasteiger partial charge in [-0.15, -0.1) is 0 Å². The smallest absolute Gasteiger partial charge is 0.147 e. The number of anilines is 1. The van der Waals surface area contributed by atoms with E-state index in [9.17, 15) is 0 Å². The zero-order chi connectivity index (χ0) is 12.3. The van der Waals surface area contributed by atoms with Gasteiger partial charge >= 0.3 is 0 Å². The number of aryl methyl sites for hydroxylation is 1. The van der Waals surface area contributed by atoms with E-state index in [1.54, 1.807) is 12.4 Å². The normalized spacial score (nSPS) is 20.2. The van der Waals surface area contributed by atoms with Gasteiger partial charge in [0.25, 0.3) is 0 Å². The Hall–Kier alpha value is -1.16. The molecule has 0 bridgehead atoms. The van der Waals surface area contributed by atoms with Gasteiger partial charge in [0.2, 0.25) is 0 Å². The first-order valence-electron chi connectivity index (χ1n) is 6.29. The summed E-state index contributed by atoms with van der Waals surface area (Å²) >= 11 is 0. The van der Waals surface area contributed by atoms with E-state index in [1.807, 2.05) is 6.92 Å². The highest BCUT2D eigenvalue weighted by Gasteiger charge is 2.28. The van der Waals surface area contributed by atoms with E-state index in [2.05, 4.69) is 34.2 Å². The van der Waals surface area contributed by atoms with Crippen molar-refractivity contribution in [1.82, 2.24) is 14.9 Å². The first kappa shape index (κ1) is 12.3. The molecular weight excluding hydrogens is 212 g/mol. The third-order valence-electron chi connectivity index (χ3n) is 3.76. The van der Waals surface area contributed by atoms with Crippen LogP contribution in [0.2, 0.25) is 0 Å². The molecule has 0 saturated carbocycles. The van der Waals surface area contributed by atoms with E-state index in [-0.39, 0.29) is 0 Å². The van der Waals surface area contributed by atoms with Crippen molar-refractivity contribution in [2.24, 2.45) is 5.41 Å². The Labute approximate surface area is 103 Å². The van der Waals surface area contributed by atoms with Crippen LogP contribution in [0.1, 0.15) is 25.5 Å². The van der Waals surface area contributed by atoms with Crippen LogP contribution in [-0.4, -0.2) is 41.5 Å². The van der Waals surface area contributed by atoms with Gasteiger partial charge in [0, 0.05) is 18.9 Å². The highest BCUT2D eigenvalue weighted by molar-refractivity contribution is 5.38. The molecule has 1 fully saturated rings. The third-order valence-corrected chi connectivity index (χ3v) is 3.76. The van der Waals surface area contributed by atoms with Gasteiger partial charge in [-0.05, 0) is 45.3 Å². The summed E-state index contributed by atoms with van der Waals surface area (Å²) in [6, 6.07) is 0. The van der Waals surface area contributed by atoms with Crippen molar-refractivity contribution in [3.63, 3.8) is 0 Å². The van der Waals surface area contributed by atoms with Crippen molar-refractivity contribution in [3.8, 4) is 0 Å². The summed E-state index contributed by atoms with van der Waals surface area (Å²) in [4.78, 5) is 11.0. The number of hydrogen-bond acceptors (Lipinski definition) is 4. The predicted octanol–water partition coefficient (Wildman–Crippen LogP) is 1.93. The van der Waals surface area contributed by atoms with Gasteiger partial charge in [-0.1, -0.05) is 6.92 Å². The molecule has 4 heteroatoms. The molecule has 0 spiro atoms. The highest BCUT2D eigenvalue weighted by atomic mass is 15.1. The SMILES string of the molecule is Cc1nccnc1NCC1(C)CCN(C)CC1. The fourth-order valence-corrected chi connectivity index (χ4v) is 2.21. The Morgan fingerprint density at radius 1 is 1.29 bits per heavy atom. The molecule has 17 heavy (non-hydrogen) atoms. The van der Waals surface area contributed by atoms with E-state index >= 15 is 0 Å². The number of piperidine rings is 1. The number of aromatic nitrogens is 2. The van der Waals surface area contributed by atoms with Gasteiger partial charge in [0.05, 0.1) is 5.69 Å². The molecule has 0 atom stereocenters. The van der Waals surface area contributed by atoms with Crippen LogP contribution in [0, 0.1) is 12.3 Å². The molecule has 1 saturated heterocycles. The maximum atomic E-state index is 4.32. The monoisotopic (exact) mass is 234 g/mol. The van der Waals surface area contributed by atoms with E-state index in [0.717, 1.165) is 18.1 Å². The molecule has 1 aromatic heterocycles. The number of rotatable bonds is 3. The lowest BCUT2D eigenvalue weighted by atomic mass is 9.80. The van der Waals surface area contributed by atoms with Gasteiger partial charge in [0.1, 0.15) is 5.82 Å². The van der Waals surface area contributed by atoms with Crippen LogP contribution in [0.15, 0.2) is 12.4 Å². The summed E-state index contributed by atoms with van der Waals surface area (Å²) in [5.41, 5.74) is 1.36. The van der Waals surface area contributed by atoms with Crippen LogP contribution in [0.3, 0.4) is 0 Å². The topological polar surface area (TPSA) is 41.1 Å². The van der Waals surface area contributed by atoms with Crippen LogP contribution >= 0.6 is 0 Å². The number of nitrogens with one attached hydrogen (secondary N) is 1. The second-order valence-corrected chi connectivity index (χ2v) is 5.46. The molecule has 2 heterocycles. The summed E-state index contributed by atoms with van der Waals surface area (Å²) in [5, 5.41) is 3.45. The summed E-state index contributed by atoms with van der Waals surface area (Å²) < 4.78 is 0. The second kappa shape index (κ2) is 5.00. The first-order valence-corrected chi connectivity index (χ1v) is 6.29. The average Bonchev–Trinajstić information content (AvgIpc) is 2.33. The average molecular weight is 234 g/mol. The van der Waals surface area contributed by atoms with E-state index in [1.165, 1.54) is 25.9 Å². The minimum Gasteiger partial charge on any atom is -0.368 e. The van der Waals surface area contributed by atoms with E-state index in [0.29, 0.717) is 5.41 Å². The summed E-state index contributed by atoms with van der Waals surface area (Å²) in [7, 11) is 2.19. The van der Waals surface area contributed by atoms with Crippen molar-refractivity contribution in [1.29, 1.82) is 0 Å². The number of nitrogens with zero attached hydrogens (tertiary/aromatic N) is 3. The standard InChI is InChI=1S/C13H22N4/c1-11-12(15-7-6-14-11)16-10-13(2)4-8-17(3)9-5-13/h6-7H,4-5,8-10H2,1-3H3,(H,15,16). The molecular formula is C13H22N4. The maximum absolute atomic E-state index is 4.32. The van der Waals surface area contributed by atoms with Crippen molar-refractivity contribution < 1.29 is 0 Å². The third kappa shape index (κ3) is 3.16. The van der Waals surface area contributed by atoms with Crippen LogP contribution < -0.4 is 5.32 Å². The second-order valence-electron chi connectivity index (χ2n) is 5.46. The Balaban J connectivity index is 1.92. The summed E-state index contributed by atoms with van der Waals surface area (Å²) in [6.07, 6.45) is 5.97. The lowest BCUT2D eigenvalue weighted by Crippen LogP contribution is -2.40. The molecule has 1 N–H and O–H groups in total. The maximum Gasteiger partial charge on any atom is 0.147 e. The molecule has 0 unspecified atom stereocenters. The van der Waals surface area contributed by atoms with Crippen molar-refractivity contribution in [3.05, 3.63) is 18.1 Å². The van der Waals surface area contributed by atoms with E-state index in [4.69, 9.17) is 0 Å². The quantitative estimate of drug-likeness (QED) is 0.867. The lowest BCUT2D eigenvalue weighted by molar-refractivity contribution is 0.150. The van der Waals surface area contributed by atoms with Gasteiger partial charge in [-0.2, -0.15) is 0 Å². The molecule has 0 radical (unpaired) electrons. The van der Waals surface area contributed by atoms with Crippen LogP contribution in [0.5, 0.6) is 0 Å². The molecule has 4 nitrogen and oxygen atoms in total. The minimum absolute atomic E-state index is 0.385. The Bertz CT molecular complexity index is 369. The molecule has 1 aromatic rings. The Kier molecular flexibility index (Phi) is 3.62. The van der Waals surface area contributed by atoms with Gasteiger partial charge in [-0.3, -0.25) is 4.98 Å². The van der Waals surface area contributed by atoms with Gasteiger partial charge in [-0.25, -0.2) is 4.98 Å². The van der Waals surface area contributed by atoms with Crippen molar-refractivity contribution in [2.45, 2.75) is 26.7 Å². The molecule has 0 aliphatic carbocycles. The molecule has 2 rings (SSSR count). The van der Waals surface area contributed by atoms with Crippen molar-refractivity contribution in [2.75, 3.05) is 32.0 Å². The summed E-state index contributed by atoms with van der Waals surface area (Å²) in [5.74, 6) is 0.924.